The van der Waals surface area contributed by atoms with Crippen molar-refractivity contribution >= 4 is 11.9 Å². The van der Waals surface area contributed by atoms with Crippen molar-refractivity contribution < 1.29 is 24.2 Å². The van der Waals surface area contributed by atoms with E-state index in [1.807, 2.05) is 0 Å². The number of aliphatic hydroxyl groups excluding tert-OH is 1. The lowest BCUT2D eigenvalue weighted by molar-refractivity contribution is -0.150. The van der Waals surface area contributed by atoms with Crippen LogP contribution in [0.3, 0.4) is 0 Å². The Morgan fingerprint density at radius 2 is 0.923 bits per heavy atom. The first-order valence-corrected chi connectivity index (χ1v) is 22.7. The van der Waals surface area contributed by atoms with E-state index in [9.17, 15) is 14.7 Å². The Balaban J connectivity index is 4.04. The van der Waals surface area contributed by atoms with E-state index in [0.29, 0.717) is 19.4 Å². The van der Waals surface area contributed by atoms with Gasteiger partial charge in [0.25, 0.3) is 0 Å². The molecular weight excluding hydrogens is 647 g/mol. The molecule has 0 bridgehead atoms. The van der Waals surface area contributed by atoms with Gasteiger partial charge in [0.2, 0.25) is 0 Å². The predicted octanol–water partition coefficient (Wildman–Crippen LogP) is 12.7. The van der Waals surface area contributed by atoms with Gasteiger partial charge in [0.1, 0.15) is 6.10 Å². The molecule has 306 valence electrons. The number of hydrogen-bond donors (Lipinski definition) is 1. The topological polar surface area (TPSA) is 76.1 Å². The standard InChI is InChI=1S/C46H87NO5/c1-4-7-10-13-16-17-26-33-43-51-45(49)37-29-22-18-24-31-39-47(41-34-42-48)40-32-25-19-23-30-38-46(50)52-44(35-27-20-14-11-8-5-2)36-28-21-15-12-9-6-3/h44,48H,4-15,18-43H2,1-3H3. The molecule has 0 saturated carbocycles. The largest absolute Gasteiger partial charge is 0.466 e. The van der Waals surface area contributed by atoms with Crippen LogP contribution in [-0.4, -0.2) is 60.9 Å². The molecule has 0 fully saturated rings. The molecule has 6 heteroatoms. The van der Waals surface area contributed by atoms with Crippen LogP contribution >= 0.6 is 0 Å². The average molecular weight is 734 g/mol. The van der Waals surface area contributed by atoms with E-state index in [4.69, 9.17) is 9.47 Å². The normalized spacial score (nSPS) is 11.3. The van der Waals surface area contributed by atoms with Crippen LogP contribution in [0.1, 0.15) is 233 Å². The van der Waals surface area contributed by atoms with Crippen LogP contribution in [0.2, 0.25) is 0 Å². The summed E-state index contributed by atoms with van der Waals surface area (Å²) < 4.78 is 11.4. The highest BCUT2D eigenvalue weighted by molar-refractivity contribution is 5.69. The molecule has 0 aliphatic heterocycles. The van der Waals surface area contributed by atoms with E-state index in [-0.39, 0.29) is 24.6 Å². The molecule has 0 aromatic heterocycles. The minimum absolute atomic E-state index is 0.0156. The van der Waals surface area contributed by atoms with Crippen LogP contribution in [0, 0.1) is 11.8 Å². The van der Waals surface area contributed by atoms with Gasteiger partial charge < -0.3 is 19.5 Å². The lowest BCUT2D eigenvalue weighted by Gasteiger charge is -2.22. The maximum absolute atomic E-state index is 12.7. The zero-order chi connectivity index (χ0) is 38.0. The highest BCUT2D eigenvalue weighted by atomic mass is 16.5. The van der Waals surface area contributed by atoms with Gasteiger partial charge in [-0.2, -0.15) is 0 Å². The molecule has 1 N–H and O–H groups in total. The van der Waals surface area contributed by atoms with Crippen molar-refractivity contribution in [3.8, 4) is 11.8 Å². The second-order valence-electron chi connectivity index (χ2n) is 15.3. The van der Waals surface area contributed by atoms with Crippen LogP contribution in [0.4, 0.5) is 0 Å². The summed E-state index contributed by atoms with van der Waals surface area (Å²) in [6.45, 7) is 10.6. The summed E-state index contributed by atoms with van der Waals surface area (Å²) in [5, 5.41) is 9.38. The van der Waals surface area contributed by atoms with Crippen LogP contribution in [-0.2, 0) is 19.1 Å². The molecule has 0 amide bonds. The number of ether oxygens (including phenoxy) is 2. The lowest BCUT2D eigenvalue weighted by Crippen LogP contribution is -2.27. The summed E-state index contributed by atoms with van der Waals surface area (Å²) in [5.41, 5.74) is 0. The van der Waals surface area contributed by atoms with Crippen molar-refractivity contribution in [2.75, 3.05) is 32.8 Å². The maximum Gasteiger partial charge on any atom is 0.306 e. The van der Waals surface area contributed by atoms with Gasteiger partial charge in [-0.3, -0.25) is 9.59 Å². The van der Waals surface area contributed by atoms with Crippen molar-refractivity contribution in [3.63, 3.8) is 0 Å². The van der Waals surface area contributed by atoms with E-state index >= 15 is 0 Å². The van der Waals surface area contributed by atoms with E-state index < -0.39 is 0 Å². The molecule has 0 heterocycles. The Bertz CT molecular complexity index is 805. The fourth-order valence-corrected chi connectivity index (χ4v) is 6.77. The Morgan fingerprint density at radius 1 is 0.500 bits per heavy atom. The van der Waals surface area contributed by atoms with E-state index in [2.05, 4.69) is 37.5 Å². The van der Waals surface area contributed by atoms with Crippen LogP contribution in [0.25, 0.3) is 0 Å². The SMILES string of the molecule is CCCCCC#CCCCOC(=O)CCCCCCCN(CCCO)CCCCCCCC(=O)OC(CCCCCCCC)CCCCCCCC. The first-order valence-electron chi connectivity index (χ1n) is 22.7. The molecule has 0 radical (unpaired) electrons. The van der Waals surface area contributed by atoms with Gasteiger partial charge in [-0.15, -0.1) is 11.8 Å². The summed E-state index contributed by atoms with van der Waals surface area (Å²) in [7, 11) is 0. The van der Waals surface area contributed by atoms with Gasteiger partial charge >= 0.3 is 11.9 Å². The second kappa shape index (κ2) is 42.2. The fraction of sp³-hybridized carbons (Fsp3) is 0.913. The van der Waals surface area contributed by atoms with Crippen molar-refractivity contribution in [1.82, 2.24) is 4.90 Å². The van der Waals surface area contributed by atoms with Gasteiger partial charge in [-0.1, -0.05) is 136 Å². The third-order valence-electron chi connectivity index (χ3n) is 10.1. The molecule has 0 aromatic rings. The van der Waals surface area contributed by atoms with Crippen molar-refractivity contribution in [3.05, 3.63) is 0 Å². The first-order chi connectivity index (χ1) is 25.6. The van der Waals surface area contributed by atoms with Gasteiger partial charge in [0.05, 0.1) is 6.61 Å². The predicted molar refractivity (Wildman–Crippen MR) is 222 cm³/mol. The number of nitrogens with zero attached hydrogens (tertiary/aromatic N) is 1. The molecule has 0 atom stereocenters. The van der Waals surface area contributed by atoms with Crippen LogP contribution < -0.4 is 0 Å². The molecule has 0 spiro atoms. The van der Waals surface area contributed by atoms with Crippen LogP contribution in [0.15, 0.2) is 0 Å². The number of unbranched alkanes of at least 4 members (excludes halogenated alkanes) is 22. The van der Waals surface area contributed by atoms with Gasteiger partial charge in [-0.25, -0.2) is 0 Å². The number of carbonyl (C=O) groups is 2. The number of hydrogen-bond acceptors (Lipinski definition) is 6. The molecule has 0 rings (SSSR count). The molecule has 0 aliphatic rings. The quantitative estimate of drug-likeness (QED) is 0.0384. The minimum atomic E-state index is -0.0720. The van der Waals surface area contributed by atoms with Crippen molar-refractivity contribution in [1.29, 1.82) is 0 Å². The van der Waals surface area contributed by atoms with E-state index in [1.165, 1.54) is 116 Å². The molecule has 0 aliphatic carbocycles. The lowest BCUT2D eigenvalue weighted by atomic mass is 10.0. The third-order valence-corrected chi connectivity index (χ3v) is 10.1. The maximum atomic E-state index is 12.7. The Morgan fingerprint density at radius 3 is 1.46 bits per heavy atom. The average Bonchev–Trinajstić information content (AvgIpc) is 3.14. The molecular formula is C46H87NO5. The van der Waals surface area contributed by atoms with Gasteiger partial charge in [0.15, 0.2) is 0 Å². The second-order valence-corrected chi connectivity index (χ2v) is 15.3. The minimum Gasteiger partial charge on any atom is -0.466 e. The Labute approximate surface area is 323 Å². The first kappa shape index (κ1) is 50.4. The Kier molecular flexibility index (Phi) is 40.9. The fourth-order valence-electron chi connectivity index (χ4n) is 6.77. The third kappa shape index (κ3) is 38.2. The summed E-state index contributed by atoms with van der Waals surface area (Å²) in [6.07, 6.45) is 36.8. The molecule has 0 aromatic carbocycles. The number of esters is 2. The summed E-state index contributed by atoms with van der Waals surface area (Å²) in [4.78, 5) is 27.2. The number of aliphatic hydroxyl groups is 1. The highest BCUT2D eigenvalue weighted by Crippen LogP contribution is 2.18. The van der Waals surface area contributed by atoms with E-state index in [1.54, 1.807) is 0 Å². The summed E-state index contributed by atoms with van der Waals surface area (Å²) >= 11 is 0. The molecule has 0 unspecified atom stereocenters. The van der Waals surface area contributed by atoms with E-state index in [0.717, 1.165) is 103 Å². The zero-order valence-corrected chi connectivity index (χ0v) is 35.0. The molecule has 6 nitrogen and oxygen atoms in total. The highest BCUT2D eigenvalue weighted by Gasteiger charge is 2.14. The van der Waals surface area contributed by atoms with Crippen molar-refractivity contribution in [2.45, 2.75) is 239 Å². The van der Waals surface area contributed by atoms with Crippen molar-refractivity contribution in [2.24, 2.45) is 0 Å². The number of carbonyl (C=O) groups excluding carboxylic acids is 2. The smallest absolute Gasteiger partial charge is 0.306 e. The van der Waals surface area contributed by atoms with Gasteiger partial charge in [-0.05, 0) is 83.7 Å². The molecule has 52 heavy (non-hydrogen) atoms. The number of rotatable bonds is 40. The molecule has 0 saturated heterocycles. The monoisotopic (exact) mass is 734 g/mol. The Hall–Kier alpha value is -1.58. The zero-order valence-electron chi connectivity index (χ0n) is 35.0. The summed E-state index contributed by atoms with van der Waals surface area (Å²) in [5.74, 6) is 6.34. The van der Waals surface area contributed by atoms with Crippen LogP contribution in [0.5, 0.6) is 0 Å². The summed E-state index contributed by atoms with van der Waals surface area (Å²) in [6, 6.07) is 0. The van der Waals surface area contributed by atoms with Gasteiger partial charge in [0, 0.05) is 38.8 Å².